The Labute approximate surface area is 146 Å². The van der Waals surface area contributed by atoms with Crippen LogP contribution >= 0.6 is 15.9 Å². The molecule has 122 valence electrons. The number of hydrogen-bond donors (Lipinski definition) is 1. The Hall–Kier alpha value is -2.67. The summed E-state index contributed by atoms with van der Waals surface area (Å²) in [5.41, 5.74) is 2.27. The summed E-state index contributed by atoms with van der Waals surface area (Å²) in [7, 11) is 0. The molecule has 0 atom stereocenters. The molecule has 3 aromatic rings. The van der Waals surface area contributed by atoms with Crippen molar-refractivity contribution in [1.82, 2.24) is 9.55 Å². The van der Waals surface area contributed by atoms with Gasteiger partial charge >= 0.3 is 5.97 Å². The average Bonchev–Trinajstić information content (AvgIpc) is 2.98. The monoisotopic (exact) mass is 387 g/mol. The lowest BCUT2D eigenvalue weighted by atomic mass is 10.3. The quantitative estimate of drug-likeness (QED) is 0.683. The number of carbonyl (C=O) groups excluding carboxylic acids is 2. The van der Waals surface area contributed by atoms with Crippen LogP contribution in [-0.4, -0.2) is 28.0 Å². The molecule has 0 bridgehead atoms. The van der Waals surface area contributed by atoms with Gasteiger partial charge in [0.05, 0.1) is 23.0 Å². The van der Waals surface area contributed by atoms with Crippen molar-refractivity contribution in [2.45, 2.75) is 6.54 Å². The highest BCUT2D eigenvalue weighted by Gasteiger charge is 2.11. The van der Waals surface area contributed by atoms with E-state index in [1.165, 1.54) is 0 Å². The summed E-state index contributed by atoms with van der Waals surface area (Å²) in [5.74, 6) is -0.897. The van der Waals surface area contributed by atoms with Crippen molar-refractivity contribution < 1.29 is 14.3 Å². The van der Waals surface area contributed by atoms with Gasteiger partial charge in [-0.2, -0.15) is 0 Å². The molecule has 0 unspecified atom stereocenters. The van der Waals surface area contributed by atoms with Crippen LogP contribution < -0.4 is 5.32 Å². The minimum atomic E-state index is -0.500. The molecular weight excluding hydrogens is 374 g/mol. The summed E-state index contributed by atoms with van der Waals surface area (Å²) in [6.07, 6.45) is 1.58. The fraction of sp³-hybridized carbons (Fsp3) is 0.118. The summed E-state index contributed by atoms with van der Waals surface area (Å²) in [4.78, 5) is 28.0. The lowest BCUT2D eigenvalue weighted by Gasteiger charge is -2.08. The molecule has 0 saturated carbocycles. The number of aromatic nitrogens is 2. The first kappa shape index (κ1) is 16.2. The molecule has 0 radical (unpaired) electrons. The van der Waals surface area contributed by atoms with Crippen molar-refractivity contribution in [3.63, 3.8) is 0 Å². The number of anilines is 1. The second-order valence-electron chi connectivity index (χ2n) is 5.05. The Morgan fingerprint density at radius 2 is 1.88 bits per heavy atom. The van der Waals surface area contributed by atoms with Gasteiger partial charge in [0.15, 0.2) is 6.61 Å². The van der Waals surface area contributed by atoms with Gasteiger partial charge in [-0.15, -0.1) is 0 Å². The number of nitrogens with zero attached hydrogens (tertiary/aromatic N) is 2. The van der Waals surface area contributed by atoms with Gasteiger partial charge < -0.3 is 14.6 Å². The van der Waals surface area contributed by atoms with Gasteiger partial charge in [-0.1, -0.05) is 24.3 Å². The molecule has 1 heterocycles. The molecule has 0 aliphatic rings. The van der Waals surface area contributed by atoms with E-state index in [0.29, 0.717) is 5.69 Å². The van der Waals surface area contributed by atoms with Gasteiger partial charge in [-0.25, -0.2) is 4.98 Å². The van der Waals surface area contributed by atoms with Crippen LogP contribution in [0, 0.1) is 0 Å². The van der Waals surface area contributed by atoms with Crippen molar-refractivity contribution in [2.24, 2.45) is 0 Å². The molecular formula is C17H14BrN3O3. The Balaban J connectivity index is 1.54. The minimum Gasteiger partial charge on any atom is -0.454 e. The number of benzene rings is 2. The van der Waals surface area contributed by atoms with E-state index < -0.39 is 11.9 Å². The third kappa shape index (κ3) is 3.80. The second kappa shape index (κ2) is 7.27. The zero-order valence-corrected chi connectivity index (χ0v) is 14.2. The summed E-state index contributed by atoms with van der Waals surface area (Å²) in [5, 5.41) is 2.67. The van der Waals surface area contributed by atoms with Crippen molar-refractivity contribution in [1.29, 1.82) is 0 Å². The van der Waals surface area contributed by atoms with Crippen molar-refractivity contribution in [3.05, 3.63) is 59.3 Å². The van der Waals surface area contributed by atoms with Crippen LogP contribution in [0.2, 0.25) is 0 Å². The number of fused-ring (bicyclic) bond motifs is 1. The van der Waals surface area contributed by atoms with E-state index in [9.17, 15) is 9.59 Å². The molecule has 1 amide bonds. The molecule has 1 aromatic heterocycles. The summed E-state index contributed by atoms with van der Waals surface area (Å²) in [6.45, 7) is -0.338. The third-order valence-corrected chi connectivity index (χ3v) is 4.03. The Bertz CT molecular complexity index is 891. The average molecular weight is 388 g/mol. The number of hydrogen-bond acceptors (Lipinski definition) is 4. The molecule has 2 aromatic carbocycles. The van der Waals surface area contributed by atoms with Crippen molar-refractivity contribution >= 4 is 44.5 Å². The molecule has 0 spiro atoms. The molecule has 1 N–H and O–H groups in total. The molecule has 7 heteroatoms. The highest BCUT2D eigenvalue weighted by Crippen LogP contribution is 2.20. The van der Waals surface area contributed by atoms with Crippen LogP contribution in [0.1, 0.15) is 0 Å². The first-order valence-corrected chi connectivity index (χ1v) is 8.02. The van der Waals surface area contributed by atoms with Gasteiger partial charge in [-0.05, 0) is 40.2 Å². The molecule has 3 rings (SSSR count). The van der Waals surface area contributed by atoms with Crippen LogP contribution in [-0.2, 0) is 20.9 Å². The first-order valence-electron chi connectivity index (χ1n) is 7.23. The summed E-state index contributed by atoms with van der Waals surface area (Å²) in [6, 6.07) is 14.7. The van der Waals surface area contributed by atoms with Crippen LogP contribution in [0.5, 0.6) is 0 Å². The largest absolute Gasteiger partial charge is 0.454 e. The Morgan fingerprint density at radius 1 is 1.12 bits per heavy atom. The molecule has 24 heavy (non-hydrogen) atoms. The highest BCUT2D eigenvalue weighted by molar-refractivity contribution is 9.10. The summed E-state index contributed by atoms with van der Waals surface area (Å²) >= 11 is 3.33. The van der Waals surface area contributed by atoms with Gasteiger partial charge in [0.2, 0.25) is 0 Å². The molecule has 0 saturated heterocycles. The smallest absolute Gasteiger partial charge is 0.326 e. The number of carbonyl (C=O) groups is 2. The molecule has 6 nitrogen and oxygen atoms in total. The number of esters is 1. The SMILES string of the molecule is O=C(COC(=O)Cn1cnc2ccccc21)Nc1ccccc1Br. The number of imidazole rings is 1. The lowest BCUT2D eigenvalue weighted by Crippen LogP contribution is -2.23. The maximum absolute atomic E-state index is 11.9. The molecule has 0 aliphatic carbocycles. The standard InChI is InChI=1S/C17H14BrN3O3/c18-12-5-1-2-6-13(12)20-16(22)10-24-17(23)9-21-11-19-14-7-3-4-8-15(14)21/h1-8,11H,9-10H2,(H,20,22). The van der Waals surface area contributed by atoms with E-state index in [-0.39, 0.29) is 13.2 Å². The zero-order chi connectivity index (χ0) is 16.9. The van der Waals surface area contributed by atoms with E-state index in [1.807, 2.05) is 36.4 Å². The second-order valence-corrected chi connectivity index (χ2v) is 5.90. The van der Waals surface area contributed by atoms with E-state index >= 15 is 0 Å². The van der Waals surface area contributed by atoms with Crippen LogP contribution in [0.4, 0.5) is 5.69 Å². The third-order valence-electron chi connectivity index (χ3n) is 3.34. The normalized spacial score (nSPS) is 10.5. The molecule has 0 aliphatic heterocycles. The van der Waals surface area contributed by atoms with E-state index in [0.717, 1.165) is 15.5 Å². The van der Waals surface area contributed by atoms with E-state index in [2.05, 4.69) is 26.2 Å². The first-order chi connectivity index (χ1) is 11.6. The van der Waals surface area contributed by atoms with Gasteiger partial charge in [-0.3, -0.25) is 9.59 Å². The van der Waals surface area contributed by atoms with Crippen molar-refractivity contribution in [2.75, 3.05) is 11.9 Å². The molecule has 0 fully saturated rings. The minimum absolute atomic E-state index is 0.00280. The zero-order valence-electron chi connectivity index (χ0n) is 12.6. The summed E-state index contributed by atoms with van der Waals surface area (Å²) < 4.78 is 7.47. The van der Waals surface area contributed by atoms with Gasteiger partial charge in [0.1, 0.15) is 6.54 Å². The number of ether oxygens (including phenoxy) is 1. The fourth-order valence-corrected chi connectivity index (χ4v) is 2.60. The van der Waals surface area contributed by atoms with Crippen LogP contribution in [0.25, 0.3) is 11.0 Å². The predicted molar refractivity (Wildman–Crippen MR) is 93.5 cm³/mol. The number of amides is 1. The fourth-order valence-electron chi connectivity index (χ4n) is 2.22. The number of rotatable bonds is 5. The highest BCUT2D eigenvalue weighted by atomic mass is 79.9. The number of para-hydroxylation sites is 3. The Kier molecular flexibility index (Phi) is 4.90. The van der Waals surface area contributed by atoms with E-state index in [4.69, 9.17) is 4.74 Å². The van der Waals surface area contributed by atoms with Gasteiger partial charge in [0, 0.05) is 4.47 Å². The Morgan fingerprint density at radius 3 is 2.71 bits per heavy atom. The van der Waals surface area contributed by atoms with Crippen molar-refractivity contribution in [3.8, 4) is 0 Å². The number of nitrogens with one attached hydrogen (secondary N) is 1. The maximum atomic E-state index is 11.9. The van der Waals surface area contributed by atoms with Crippen LogP contribution in [0.3, 0.4) is 0 Å². The van der Waals surface area contributed by atoms with Crippen LogP contribution in [0.15, 0.2) is 59.3 Å². The van der Waals surface area contributed by atoms with Gasteiger partial charge in [0.25, 0.3) is 5.91 Å². The van der Waals surface area contributed by atoms with E-state index in [1.54, 1.807) is 23.0 Å². The number of halogens is 1. The maximum Gasteiger partial charge on any atom is 0.326 e. The predicted octanol–water partition coefficient (Wildman–Crippen LogP) is 2.98. The lowest BCUT2D eigenvalue weighted by molar-refractivity contribution is -0.147. The topological polar surface area (TPSA) is 73.2 Å².